The number of hydrogen-bond acceptors (Lipinski definition) is 6. The van der Waals surface area contributed by atoms with E-state index in [-0.39, 0.29) is 5.91 Å². The molecule has 3 heterocycles. The van der Waals surface area contributed by atoms with Crippen LogP contribution in [0.1, 0.15) is 10.4 Å². The van der Waals surface area contributed by atoms with E-state index in [0.29, 0.717) is 18.7 Å². The Morgan fingerprint density at radius 1 is 1.03 bits per heavy atom. The molecule has 0 saturated heterocycles. The van der Waals surface area contributed by atoms with Gasteiger partial charge in [-0.25, -0.2) is 0 Å². The van der Waals surface area contributed by atoms with E-state index in [4.69, 9.17) is 4.74 Å². The van der Waals surface area contributed by atoms with Crippen molar-refractivity contribution < 1.29 is 9.53 Å². The second kappa shape index (κ2) is 10.2. The van der Waals surface area contributed by atoms with Gasteiger partial charge in [-0.15, -0.1) is 0 Å². The quantitative estimate of drug-likeness (QED) is 0.211. The first-order valence-corrected chi connectivity index (χ1v) is 12.5. The first kappa shape index (κ1) is 22.9. The molecule has 5 rings (SSSR count). The van der Waals surface area contributed by atoms with Crippen molar-refractivity contribution in [2.24, 2.45) is 0 Å². The maximum Gasteiger partial charge on any atom is 0.251 e. The van der Waals surface area contributed by atoms with Gasteiger partial charge in [-0.1, -0.05) is 24.1 Å². The van der Waals surface area contributed by atoms with Gasteiger partial charge in [-0.05, 0) is 54.3 Å². The third kappa shape index (κ3) is 4.58. The first-order valence-electron chi connectivity index (χ1n) is 11.2. The van der Waals surface area contributed by atoms with Crippen molar-refractivity contribution >= 4 is 39.7 Å². The summed E-state index contributed by atoms with van der Waals surface area (Å²) >= 11 is 1.53. The SMILES string of the molecule is COc1ccc2[nH]c3cnc(-c4cccnc4)cc3c2c1-c1ccc(C(=O)NCCNSC)cc1. The van der Waals surface area contributed by atoms with Gasteiger partial charge in [0, 0.05) is 58.5 Å². The summed E-state index contributed by atoms with van der Waals surface area (Å²) in [5, 5.41) is 5.03. The Balaban J connectivity index is 1.58. The Bertz CT molecular complexity index is 1480. The van der Waals surface area contributed by atoms with E-state index < -0.39 is 0 Å². The van der Waals surface area contributed by atoms with Crippen LogP contribution in [-0.4, -0.2) is 47.3 Å². The van der Waals surface area contributed by atoms with Gasteiger partial charge in [-0.3, -0.25) is 19.5 Å². The number of amides is 1. The van der Waals surface area contributed by atoms with Crippen molar-refractivity contribution in [3.63, 3.8) is 0 Å². The summed E-state index contributed by atoms with van der Waals surface area (Å²) in [6.45, 7) is 1.28. The van der Waals surface area contributed by atoms with Crippen molar-refractivity contribution in [2.75, 3.05) is 26.5 Å². The fourth-order valence-electron chi connectivity index (χ4n) is 4.22. The summed E-state index contributed by atoms with van der Waals surface area (Å²) in [6, 6.07) is 17.6. The predicted octanol–water partition coefficient (Wildman–Crippen LogP) is 5.05. The molecule has 0 aliphatic carbocycles. The number of fused-ring (bicyclic) bond motifs is 3. The molecule has 5 aromatic rings. The number of rotatable bonds is 8. The second-order valence-corrected chi connectivity index (χ2v) is 8.68. The molecule has 0 bridgehead atoms. The molecule has 176 valence electrons. The molecule has 0 saturated carbocycles. The topological polar surface area (TPSA) is 91.9 Å². The minimum absolute atomic E-state index is 0.0936. The third-order valence-corrected chi connectivity index (χ3v) is 6.37. The molecule has 0 spiro atoms. The fourth-order valence-corrected chi connectivity index (χ4v) is 4.53. The zero-order chi connectivity index (χ0) is 24.2. The molecule has 0 unspecified atom stereocenters. The molecule has 3 N–H and O–H groups in total. The molecular formula is C27H25N5O2S. The zero-order valence-corrected chi connectivity index (χ0v) is 20.3. The third-order valence-electron chi connectivity index (χ3n) is 5.88. The van der Waals surface area contributed by atoms with Gasteiger partial charge in [0.05, 0.1) is 24.5 Å². The Morgan fingerprint density at radius 2 is 1.89 bits per heavy atom. The van der Waals surface area contributed by atoms with Crippen molar-refractivity contribution in [3.05, 3.63) is 78.8 Å². The van der Waals surface area contributed by atoms with Gasteiger partial charge in [0.25, 0.3) is 5.91 Å². The Labute approximate surface area is 207 Å². The number of nitrogens with zero attached hydrogens (tertiary/aromatic N) is 2. The van der Waals surface area contributed by atoms with E-state index in [1.54, 1.807) is 13.3 Å². The molecule has 0 radical (unpaired) electrons. The van der Waals surface area contributed by atoms with Crippen LogP contribution in [0.25, 0.3) is 44.2 Å². The zero-order valence-electron chi connectivity index (χ0n) is 19.5. The molecule has 0 aliphatic rings. The standard InChI is InChI=1S/C27H25N5O2S/c1-34-24-10-9-21-26(20-14-22(30-16-23(20)32-21)19-4-3-11-28-15-19)25(24)17-5-7-18(8-6-17)27(33)29-12-13-31-35-2/h3-11,14-16,31-32H,12-13H2,1-2H3,(H,29,33). The maximum absolute atomic E-state index is 12.5. The van der Waals surface area contributed by atoms with Crippen LogP contribution < -0.4 is 14.8 Å². The van der Waals surface area contributed by atoms with E-state index in [1.165, 1.54) is 11.9 Å². The van der Waals surface area contributed by atoms with Gasteiger partial charge in [0.1, 0.15) is 5.75 Å². The van der Waals surface area contributed by atoms with Crippen LogP contribution in [0.5, 0.6) is 5.75 Å². The largest absolute Gasteiger partial charge is 0.496 e. The predicted molar refractivity (Wildman–Crippen MR) is 143 cm³/mol. The number of carbonyl (C=O) groups is 1. The number of benzene rings is 2. The Kier molecular flexibility index (Phi) is 6.65. The molecule has 7 nitrogen and oxygen atoms in total. The number of methoxy groups -OCH3 is 1. The first-order chi connectivity index (χ1) is 17.2. The van der Waals surface area contributed by atoms with Crippen molar-refractivity contribution in [2.45, 2.75) is 0 Å². The van der Waals surface area contributed by atoms with Gasteiger partial charge in [0.15, 0.2) is 0 Å². The lowest BCUT2D eigenvalue weighted by Crippen LogP contribution is -2.29. The van der Waals surface area contributed by atoms with E-state index in [2.05, 4.69) is 31.1 Å². The van der Waals surface area contributed by atoms with Gasteiger partial charge in [-0.2, -0.15) is 0 Å². The molecule has 3 aromatic heterocycles. The number of nitrogens with one attached hydrogen (secondary N) is 3. The minimum atomic E-state index is -0.0936. The summed E-state index contributed by atoms with van der Waals surface area (Å²) in [6.07, 6.45) is 7.37. The maximum atomic E-state index is 12.5. The number of H-pyrrole nitrogens is 1. The van der Waals surface area contributed by atoms with Gasteiger partial charge in [0.2, 0.25) is 0 Å². The lowest BCUT2D eigenvalue weighted by atomic mass is 9.97. The molecule has 0 atom stereocenters. The van der Waals surface area contributed by atoms with Crippen LogP contribution in [0, 0.1) is 0 Å². The summed E-state index contributed by atoms with van der Waals surface area (Å²) in [5.74, 6) is 0.669. The van der Waals surface area contributed by atoms with Crippen molar-refractivity contribution in [3.8, 4) is 28.1 Å². The van der Waals surface area contributed by atoms with E-state index in [0.717, 1.165) is 49.9 Å². The van der Waals surface area contributed by atoms with Crippen molar-refractivity contribution in [1.82, 2.24) is 25.0 Å². The number of carbonyl (C=O) groups excluding carboxylic acids is 1. The lowest BCUT2D eigenvalue weighted by Gasteiger charge is -2.12. The number of ether oxygens (including phenoxy) is 1. The highest BCUT2D eigenvalue weighted by Crippen LogP contribution is 2.41. The van der Waals surface area contributed by atoms with Gasteiger partial charge >= 0.3 is 0 Å². The highest BCUT2D eigenvalue weighted by molar-refractivity contribution is 7.96. The summed E-state index contributed by atoms with van der Waals surface area (Å²) < 4.78 is 8.89. The van der Waals surface area contributed by atoms with E-state index in [1.807, 2.05) is 67.2 Å². The second-order valence-electron chi connectivity index (χ2n) is 7.98. The molecular weight excluding hydrogens is 458 g/mol. The molecule has 35 heavy (non-hydrogen) atoms. The number of hydrogen-bond donors (Lipinski definition) is 3. The number of aromatic amines is 1. The summed E-state index contributed by atoms with van der Waals surface area (Å²) in [4.78, 5) is 24.8. The minimum Gasteiger partial charge on any atom is -0.496 e. The Hall–Kier alpha value is -3.88. The van der Waals surface area contributed by atoms with Crippen LogP contribution in [0.2, 0.25) is 0 Å². The average molecular weight is 484 g/mol. The highest BCUT2D eigenvalue weighted by atomic mass is 32.2. The van der Waals surface area contributed by atoms with Crippen molar-refractivity contribution in [1.29, 1.82) is 0 Å². The summed E-state index contributed by atoms with van der Waals surface area (Å²) in [7, 11) is 1.67. The average Bonchev–Trinajstić information content (AvgIpc) is 3.29. The molecule has 0 fully saturated rings. The molecule has 1 amide bonds. The van der Waals surface area contributed by atoms with E-state index in [9.17, 15) is 4.79 Å². The smallest absolute Gasteiger partial charge is 0.251 e. The lowest BCUT2D eigenvalue weighted by molar-refractivity contribution is 0.0954. The van der Waals surface area contributed by atoms with Crippen LogP contribution in [0.15, 0.2) is 73.2 Å². The monoisotopic (exact) mass is 483 g/mol. The van der Waals surface area contributed by atoms with Crippen LogP contribution in [-0.2, 0) is 0 Å². The van der Waals surface area contributed by atoms with Crippen LogP contribution in [0.4, 0.5) is 0 Å². The fraction of sp³-hybridized carbons (Fsp3) is 0.148. The molecule has 8 heteroatoms. The molecule has 0 aliphatic heterocycles. The van der Waals surface area contributed by atoms with Crippen LogP contribution in [0.3, 0.4) is 0 Å². The summed E-state index contributed by atoms with van der Waals surface area (Å²) in [5.41, 5.74) is 6.29. The number of aromatic nitrogens is 3. The van der Waals surface area contributed by atoms with Crippen LogP contribution >= 0.6 is 11.9 Å². The highest BCUT2D eigenvalue weighted by Gasteiger charge is 2.17. The number of pyridine rings is 2. The Morgan fingerprint density at radius 3 is 2.63 bits per heavy atom. The molecule has 2 aromatic carbocycles. The van der Waals surface area contributed by atoms with E-state index >= 15 is 0 Å². The van der Waals surface area contributed by atoms with Gasteiger partial charge < -0.3 is 15.0 Å². The normalized spacial score (nSPS) is 11.1.